The number of ether oxygens (including phenoxy) is 1. The van der Waals surface area contributed by atoms with Crippen LogP contribution in [0.4, 0.5) is 5.69 Å². The number of rotatable bonds is 4. The van der Waals surface area contributed by atoms with Crippen LogP contribution in [0.5, 0.6) is 0 Å². The van der Waals surface area contributed by atoms with Crippen molar-refractivity contribution in [2.24, 2.45) is 0 Å². The number of anilines is 1. The van der Waals surface area contributed by atoms with Crippen molar-refractivity contribution in [3.8, 4) is 0 Å². The van der Waals surface area contributed by atoms with E-state index in [0.29, 0.717) is 27.9 Å². The van der Waals surface area contributed by atoms with Crippen LogP contribution < -0.4 is 5.73 Å². The van der Waals surface area contributed by atoms with Crippen LogP contribution in [0.25, 0.3) is 0 Å². The largest absolute Gasteiger partial charge is 0.462 e. The van der Waals surface area contributed by atoms with E-state index < -0.39 is 5.97 Å². The average molecular weight is 309 g/mol. The lowest BCUT2D eigenvalue weighted by Crippen LogP contribution is -2.09. The molecule has 2 aromatic rings. The predicted octanol–water partition coefficient (Wildman–Crippen LogP) is 3.65. The summed E-state index contributed by atoms with van der Waals surface area (Å²) < 4.78 is 4.96. The van der Waals surface area contributed by atoms with E-state index in [9.17, 15) is 4.79 Å². The molecule has 0 fully saturated rings. The molecule has 2 N–H and O–H groups in total. The third-order valence-electron chi connectivity index (χ3n) is 2.46. The first-order valence-corrected chi connectivity index (χ1v) is 7.16. The third-order valence-corrected chi connectivity index (χ3v) is 3.70. The molecule has 6 heteroatoms. The van der Waals surface area contributed by atoms with Gasteiger partial charge in [-0.05, 0) is 31.2 Å². The molecular formula is C14H13ClN2O2S. The highest BCUT2D eigenvalue weighted by Crippen LogP contribution is 2.33. The Kier molecular flexibility index (Phi) is 4.87. The maximum Gasteiger partial charge on any atom is 0.340 e. The number of carbonyl (C=O) groups is 1. The summed E-state index contributed by atoms with van der Waals surface area (Å²) in [6.07, 6.45) is 1.54. The predicted molar refractivity (Wildman–Crippen MR) is 80.2 cm³/mol. The van der Waals surface area contributed by atoms with Crippen molar-refractivity contribution >= 4 is 35.0 Å². The number of hydrogen-bond acceptors (Lipinski definition) is 5. The molecule has 1 aromatic heterocycles. The number of nitrogen functional groups attached to an aromatic ring is 1. The van der Waals surface area contributed by atoms with E-state index in [1.807, 2.05) is 18.2 Å². The van der Waals surface area contributed by atoms with E-state index in [4.69, 9.17) is 22.1 Å². The normalized spacial score (nSPS) is 10.3. The smallest absolute Gasteiger partial charge is 0.340 e. The maximum absolute atomic E-state index is 11.8. The molecule has 0 aliphatic heterocycles. The van der Waals surface area contributed by atoms with Gasteiger partial charge in [0, 0.05) is 16.1 Å². The number of nitrogens with two attached hydrogens (primary N) is 1. The summed E-state index contributed by atoms with van der Waals surface area (Å²) in [7, 11) is 0. The summed E-state index contributed by atoms with van der Waals surface area (Å²) in [5, 5.41) is 1.19. The first kappa shape index (κ1) is 14.7. The van der Waals surface area contributed by atoms with Crippen molar-refractivity contribution in [1.82, 2.24) is 4.98 Å². The van der Waals surface area contributed by atoms with Gasteiger partial charge in [0.2, 0.25) is 0 Å². The summed E-state index contributed by atoms with van der Waals surface area (Å²) in [6.45, 7) is 2.05. The molecule has 0 saturated carbocycles. The van der Waals surface area contributed by atoms with Crippen LogP contribution in [0.2, 0.25) is 5.02 Å². The second-order valence-electron chi connectivity index (χ2n) is 3.86. The van der Waals surface area contributed by atoms with Gasteiger partial charge in [0.15, 0.2) is 0 Å². The van der Waals surface area contributed by atoms with Crippen LogP contribution in [0.3, 0.4) is 0 Å². The molecule has 0 aliphatic rings. The fourth-order valence-electron chi connectivity index (χ4n) is 1.56. The molecule has 0 bridgehead atoms. The van der Waals surface area contributed by atoms with Crippen molar-refractivity contribution in [2.75, 3.05) is 12.3 Å². The highest BCUT2D eigenvalue weighted by molar-refractivity contribution is 7.99. The summed E-state index contributed by atoms with van der Waals surface area (Å²) in [5.41, 5.74) is 6.62. The number of carbonyl (C=O) groups excluding carboxylic acids is 1. The van der Waals surface area contributed by atoms with E-state index in [2.05, 4.69) is 4.98 Å². The highest BCUT2D eigenvalue weighted by Gasteiger charge is 2.15. The third kappa shape index (κ3) is 3.43. The van der Waals surface area contributed by atoms with Gasteiger partial charge in [-0.15, -0.1) is 0 Å². The van der Waals surface area contributed by atoms with Crippen LogP contribution >= 0.6 is 23.4 Å². The van der Waals surface area contributed by atoms with E-state index in [0.717, 1.165) is 4.90 Å². The highest BCUT2D eigenvalue weighted by atomic mass is 35.5. The molecule has 20 heavy (non-hydrogen) atoms. The second kappa shape index (κ2) is 6.63. The van der Waals surface area contributed by atoms with Crippen molar-refractivity contribution in [2.45, 2.75) is 16.8 Å². The van der Waals surface area contributed by atoms with Crippen LogP contribution in [0.15, 0.2) is 46.5 Å². The molecule has 0 atom stereocenters. The standard InChI is InChI=1S/C14H13ClN2O2S/c1-2-19-14(18)11-6-7-17-13(12(11)16)20-10-5-3-4-9(15)8-10/h3-8H,2,16H2,1H3. The molecule has 1 heterocycles. The monoisotopic (exact) mass is 308 g/mol. The van der Waals surface area contributed by atoms with Gasteiger partial charge in [-0.25, -0.2) is 9.78 Å². The van der Waals surface area contributed by atoms with Gasteiger partial charge in [-0.2, -0.15) is 0 Å². The number of halogens is 1. The Hall–Kier alpha value is -1.72. The van der Waals surface area contributed by atoms with Crippen molar-refractivity contribution in [3.05, 3.63) is 47.1 Å². The zero-order valence-electron chi connectivity index (χ0n) is 10.8. The van der Waals surface area contributed by atoms with Crippen LogP contribution in [-0.2, 0) is 4.74 Å². The molecule has 0 unspecified atom stereocenters. The van der Waals surface area contributed by atoms with Crippen molar-refractivity contribution < 1.29 is 9.53 Å². The fraction of sp³-hybridized carbons (Fsp3) is 0.143. The topological polar surface area (TPSA) is 65.2 Å². The van der Waals surface area contributed by atoms with Gasteiger partial charge < -0.3 is 10.5 Å². The van der Waals surface area contributed by atoms with Gasteiger partial charge in [0.1, 0.15) is 5.03 Å². The Morgan fingerprint density at radius 3 is 2.95 bits per heavy atom. The molecule has 0 saturated heterocycles. The van der Waals surface area contributed by atoms with Gasteiger partial charge >= 0.3 is 5.97 Å². The van der Waals surface area contributed by atoms with Gasteiger partial charge in [0.25, 0.3) is 0 Å². The van der Waals surface area contributed by atoms with E-state index in [1.165, 1.54) is 18.0 Å². The van der Waals surface area contributed by atoms with E-state index >= 15 is 0 Å². The summed E-state index contributed by atoms with van der Waals surface area (Å²) in [4.78, 5) is 16.9. The number of pyridine rings is 1. The fourth-order valence-corrected chi connectivity index (χ4v) is 2.71. The SMILES string of the molecule is CCOC(=O)c1ccnc(Sc2cccc(Cl)c2)c1N. The Balaban J connectivity index is 2.29. The van der Waals surface area contributed by atoms with Gasteiger partial charge in [-0.1, -0.05) is 29.4 Å². The molecule has 0 aliphatic carbocycles. The zero-order valence-corrected chi connectivity index (χ0v) is 12.4. The van der Waals surface area contributed by atoms with Gasteiger partial charge in [-0.3, -0.25) is 0 Å². The molecular weight excluding hydrogens is 296 g/mol. The number of hydrogen-bond donors (Lipinski definition) is 1. The van der Waals surface area contributed by atoms with Crippen molar-refractivity contribution in [1.29, 1.82) is 0 Å². The molecule has 0 radical (unpaired) electrons. The second-order valence-corrected chi connectivity index (χ2v) is 5.36. The first-order valence-electron chi connectivity index (χ1n) is 5.97. The van der Waals surface area contributed by atoms with E-state index in [-0.39, 0.29) is 0 Å². The van der Waals surface area contributed by atoms with Crippen LogP contribution in [-0.4, -0.2) is 17.6 Å². The molecule has 2 rings (SSSR count). The molecule has 4 nitrogen and oxygen atoms in total. The number of benzene rings is 1. The Bertz CT molecular complexity index is 634. The lowest BCUT2D eigenvalue weighted by molar-refractivity contribution is 0.0527. The maximum atomic E-state index is 11.8. The molecule has 1 aromatic carbocycles. The summed E-state index contributed by atoms with van der Waals surface area (Å²) >= 11 is 7.28. The molecule has 0 amide bonds. The van der Waals surface area contributed by atoms with Crippen LogP contribution in [0, 0.1) is 0 Å². The Morgan fingerprint density at radius 2 is 2.25 bits per heavy atom. The molecule has 0 spiro atoms. The summed E-state index contributed by atoms with van der Waals surface area (Å²) in [5.74, 6) is -0.444. The average Bonchev–Trinajstić information content (AvgIpc) is 2.41. The number of nitrogens with zero attached hydrogens (tertiary/aromatic N) is 1. The first-order chi connectivity index (χ1) is 9.61. The van der Waals surface area contributed by atoms with E-state index in [1.54, 1.807) is 19.1 Å². The number of aromatic nitrogens is 1. The quantitative estimate of drug-likeness (QED) is 0.873. The van der Waals surface area contributed by atoms with Crippen molar-refractivity contribution in [3.63, 3.8) is 0 Å². The Labute approximate surface area is 126 Å². The Morgan fingerprint density at radius 1 is 1.45 bits per heavy atom. The minimum atomic E-state index is -0.444. The van der Waals surface area contributed by atoms with Crippen LogP contribution in [0.1, 0.15) is 17.3 Å². The lowest BCUT2D eigenvalue weighted by Gasteiger charge is -2.09. The lowest BCUT2D eigenvalue weighted by atomic mass is 10.2. The zero-order chi connectivity index (χ0) is 14.5. The molecule has 104 valence electrons. The number of esters is 1. The summed E-state index contributed by atoms with van der Waals surface area (Å²) in [6, 6.07) is 8.89. The minimum Gasteiger partial charge on any atom is -0.462 e. The van der Waals surface area contributed by atoms with Gasteiger partial charge in [0.05, 0.1) is 17.9 Å². The minimum absolute atomic E-state index is 0.303.